The molecule has 1 aromatic rings. The number of benzene rings is 1. The van der Waals surface area contributed by atoms with Gasteiger partial charge in [-0.25, -0.2) is 0 Å². The predicted molar refractivity (Wildman–Crippen MR) is 98.4 cm³/mol. The van der Waals surface area contributed by atoms with Crippen molar-refractivity contribution >= 4 is 17.5 Å². The van der Waals surface area contributed by atoms with E-state index in [2.05, 4.69) is 11.4 Å². The number of rotatable bonds is 5. The van der Waals surface area contributed by atoms with Gasteiger partial charge >= 0.3 is 6.18 Å². The van der Waals surface area contributed by atoms with E-state index >= 15 is 0 Å². The van der Waals surface area contributed by atoms with Crippen LogP contribution >= 0.6 is 0 Å². The number of hydrogen-bond acceptors (Lipinski definition) is 2. The van der Waals surface area contributed by atoms with Gasteiger partial charge in [-0.3, -0.25) is 9.59 Å². The lowest BCUT2D eigenvalue weighted by Gasteiger charge is -2.12. The maximum Gasteiger partial charge on any atom is 0.405 e. The summed E-state index contributed by atoms with van der Waals surface area (Å²) < 4.78 is 36.8. The summed E-state index contributed by atoms with van der Waals surface area (Å²) in [5.41, 5.74) is 2.21. The average Bonchev–Trinajstić information content (AvgIpc) is 3.06. The average molecular weight is 382 g/mol. The van der Waals surface area contributed by atoms with Crippen molar-refractivity contribution in [3.63, 3.8) is 0 Å². The first-order valence-corrected chi connectivity index (χ1v) is 8.74. The van der Waals surface area contributed by atoms with E-state index in [-0.39, 0.29) is 28.7 Å². The molecule has 0 aromatic heterocycles. The minimum Gasteiger partial charge on any atom is -0.343 e. The monoisotopic (exact) mass is 382 g/mol. The van der Waals surface area contributed by atoms with E-state index in [1.807, 2.05) is 33.0 Å². The lowest BCUT2D eigenvalue weighted by molar-refractivity contribution is -0.123. The largest absolute Gasteiger partial charge is 0.405 e. The molecule has 0 spiro atoms. The lowest BCUT2D eigenvalue weighted by Crippen LogP contribution is -2.33. The van der Waals surface area contributed by atoms with Crippen LogP contribution in [0.2, 0.25) is 0 Å². The molecule has 4 nitrogen and oxygen atoms in total. The Balaban J connectivity index is 2.12. The van der Waals surface area contributed by atoms with Crippen LogP contribution in [0.5, 0.6) is 0 Å². The fraction of sp³-hybridized carbons (Fsp3) is 0.500. The molecule has 2 amide bonds. The van der Waals surface area contributed by atoms with Gasteiger partial charge in [0.1, 0.15) is 6.54 Å². The molecular formula is C20H25F3N2O2. The van der Waals surface area contributed by atoms with Crippen molar-refractivity contribution in [3.05, 3.63) is 41.0 Å². The second-order valence-electron chi connectivity index (χ2n) is 7.89. The number of carbonyl (C=O) groups excluding carboxylic acids is 2. The molecule has 0 radical (unpaired) electrons. The molecule has 1 fully saturated rings. The molecular weight excluding hydrogens is 357 g/mol. The highest BCUT2D eigenvalue weighted by atomic mass is 19.4. The molecule has 148 valence electrons. The summed E-state index contributed by atoms with van der Waals surface area (Å²) in [6, 6.07) is 4.44. The number of amides is 2. The summed E-state index contributed by atoms with van der Waals surface area (Å²) in [5, 5.41) is 4.66. The molecule has 27 heavy (non-hydrogen) atoms. The quantitative estimate of drug-likeness (QED) is 0.739. The summed E-state index contributed by atoms with van der Waals surface area (Å²) in [5.74, 6) is -1.04. The zero-order chi connectivity index (χ0) is 20.6. The summed E-state index contributed by atoms with van der Waals surface area (Å²) >= 11 is 0. The smallest absolute Gasteiger partial charge is 0.343 e. The van der Waals surface area contributed by atoms with Gasteiger partial charge in [-0.2, -0.15) is 13.2 Å². The third-order valence-electron chi connectivity index (χ3n) is 4.91. The molecule has 1 aromatic carbocycles. The number of allylic oxidation sites excluding steroid dienone is 2. The number of halogens is 3. The van der Waals surface area contributed by atoms with Crippen molar-refractivity contribution in [1.29, 1.82) is 0 Å². The Morgan fingerprint density at radius 1 is 1.22 bits per heavy atom. The normalized spacial score (nSPS) is 20.6. The summed E-state index contributed by atoms with van der Waals surface area (Å²) in [4.78, 5) is 24.6. The van der Waals surface area contributed by atoms with Gasteiger partial charge in [0.25, 0.3) is 5.91 Å². The molecule has 1 aliphatic rings. The Hall–Kier alpha value is -2.31. The summed E-state index contributed by atoms with van der Waals surface area (Å²) in [6.07, 6.45) is -2.40. The van der Waals surface area contributed by atoms with Gasteiger partial charge in [-0.05, 0) is 49.8 Å². The number of anilines is 1. The number of alkyl halides is 3. The van der Waals surface area contributed by atoms with Crippen LogP contribution in [0.1, 0.15) is 43.6 Å². The molecule has 0 heterocycles. The van der Waals surface area contributed by atoms with Crippen molar-refractivity contribution in [2.45, 2.75) is 40.8 Å². The molecule has 2 unspecified atom stereocenters. The maximum absolute atomic E-state index is 12.7. The van der Waals surface area contributed by atoms with Crippen LogP contribution in [0.25, 0.3) is 0 Å². The lowest BCUT2D eigenvalue weighted by atomic mass is 10.1. The first kappa shape index (κ1) is 21.0. The number of hydrogen-bond donors (Lipinski definition) is 2. The zero-order valence-electron chi connectivity index (χ0n) is 16.1. The molecule has 2 atom stereocenters. The van der Waals surface area contributed by atoms with Crippen molar-refractivity contribution in [1.82, 2.24) is 5.32 Å². The highest BCUT2D eigenvalue weighted by Gasteiger charge is 2.60. The molecule has 0 saturated heterocycles. The number of aryl methyl sites for hydroxylation is 1. The van der Waals surface area contributed by atoms with Crippen LogP contribution in [0.3, 0.4) is 0 Å². The molecule has 2 N–H and O–H groups in total. The Morgan fingerprint density at radius 2 is 1.85 bits per heavy atom. The molecule has 7 heteroatoms. The van der Waals surface area contributed by atoms with E-state index in [0.717, 1.165) is 11.1 Å². The van der Waals surface area contributed by atoms with Gasteiger partial charge in [0.15, 0.2) is 0 Å². The maximum atomic E-state index is 12.7. The Kier molecular flexibility index (Phi) is 5.73. The highest BCUT2D eigenvalue weighted by Crippen LogP contribution is 2.59. The van der Waals surface area contributed by atoms with Crippen LogP contribution in [-0.4, -0.2) is 24.5 Å². The molecule has 1 aliphatic carbocycles. The van der Waals surface area contributed by atoms with Gasteiger partial charge in [0.05, 0.1) is 5.92 Å². The van der Waals surface area contributed by atoms with Gasteiger partial charge in [-0.15, -0.1) is 0 Å². The first-order chi connectivity index (χ1) is 12.3. The topological polar surface area (TPSA) is 58.2 Å². The van der Waals surface area contributed by atoms with E-state index in [0.29, 0.717) is 5.69 Å². The Labute approximate surface area is 157 Å². The van der Waals surface area contributed by atoms with Gasteiger partial charge < -0.3 is 10.6 Å². The minimum atomic E-state index is -4.48. The van der Waals surface area contributed by atoms with E-state index in [4.69, 9.17) is 0 Å². The second kappa shape index (κ2) is 7.37. The minimum absolute atomic E-state index is 0.0658. The van der Waals surface area contributed by atoms with Crippen LogP contribution in [0.4, 0.5) is 18.9 Å². The van der Waals surface area contributed by atoms with E-state index in [9.17, 15) is 22.8 Å². The molecule has 2 rings (SSSR count). The van der Waals surface area contributed by atoms with Crippen molar-refractivity contribution < 1.29 is 22.8 Å². The highest BCUT2D eigenvalue weighted by molar-refractivity contribution is 5.99. The van der Waals surface area contributed by atoms with Crippen LogP contribution < -0.4 is 10.6 Å². The Morgan fingerprint density at radius 3 is 2.41 bits per heavy atom. The van der Waals surface area contributed by atoms with Gasteiger partial charge in [0.2, 0.25) is 5.91 Å². The van der Waals surface area contributed by atoms with Crippen molar-refractivity contribution in [3.8, 4) is 0 Å². The van der Waals surface area contributed by atoms with Crippen LogP contribution in [-0.2, 0) is 4.79 Å². The second-order valence-corrected chi connectivity index (χ2v) is 7.89. The standard InChI is InChI=1S/C20H25F3N2O2/c1-11(2)8-14-16(19(14,4)5)18(27)25-15-9-13(7-6-12(15)3)17(26)24-10-20(21,22)23/h6-9,14,16H,10H2,1-5H3,(H,24,26)(H,25,27). The van der Waals surface area contributed by atoms with E-state index < -0.39 is 18.6 Å². The predicted octanol–water partition coefficient (Wildman–Crippen LogP) is 4.46. The molecule has 1 saturated carbocycles. The van der Waals surface area contributed by atoms with Crippen LogP contribution in [0.15, 0.2) is 29.8 Å². The van der Waals surface area contributed by atoms with Gasteiger partial charge in [-0.1, -0.05) is 31.6 Å². The fourth-order valence-electron chi connectivity index (χ4n) is 3.24. The van der Waals surface area contributed by atoms with Crippen molar-refractivity contribution in [2.24, 2.45) is 17.3 Å². The third kappa shape index (κ3) is 5.11. The van der Waals surface area contributed by atoms with Gasteiger partial charge in [0, 0.05) is 11.3 Å². The van der Waals surface area contributed by atoms with E-state index in [1.165, 1.54) is 12.1 Å². The first-order valence-electron chi connectivity index (χ1n) is 8.74. The fourth-order valence-corrected chi connectivity index (χ4v) is 3.24. The summed E-state index contributed by atoms with van der Waals surface area (Å²) in [7, 11) is 0. The van der Waals surface area contributed by atoms with E-state index in [1.54, 1.807) is 13.0 Å². The molecule has 0 bridgehead atoms. The number of nitrogens with one attached hydrogen (secondary N) is 2. The SMILES string of the molecule is CC(C)=CC1C(C(=O)Nc2cc(C(=O)NCC(F)(F)F)ccc2C)C1(C)C. The summed E-state index contributed by atoms with van der Waals surface area (Å²) in [6.45, 7) is 8.37. The number of carbonyl (C=O) groups is 2. The Bertz CT molecular complexity index is 778. The molecule has 0 aliphatic heterocycles. The zero-order valence-corrected chi connectivity index (χ0v) is 16.1. The van der Waals surface area contributed by atoms with Crippen molar-refractivity contribution in [2.75, 3.05) is 11.9 Å². The van der Waals surface area contributed by atoms with Crippen LogP contribution in [0, 0.1) is 24.2 Å². The third-order valence-corrected chi connectivity index (χ3v) is 4.91.